The minimum absolute atomic E-state index is 0.871. The van der Waals surface area contributed by atoms with Gasteiger partial charge in [0.25, 0.3) is 0 Å². The summed E-state index contributed by atoms with van der Waals surface area (Å²) >= 11 is 0. The van der Waals surface area contributed by atoms with Crippen molar-refractivity contribution in [2.24, 2.45) is 0 Å². The first-order valence-corrected chi connectivity index (χ1v) is 4.48. The third kappa shape index (κ3) is 2.28. The Bertz CT molecular complexity index is 283. The molecule has 0 aliphatic heterocycles. The van der Waals surface area contributed by atoms with Crippen LogP contribution in [0, 0.1) is 12.3 Å². The van der Waals surface area contributed by atoms with Gasteiger partial charge in [-0.2, -0.15) is 0 Å². The maximum atomic E-state index is 7.27. The lowest BCUT2D eigenvalue weighted by atomic mass is 10.3. The molecule has 1 rings (SSSR count). The van der Waals surface area contributed by atoms with E-state index in [0.717, 1.165) is 24.3 Å². The van der Waals surface area contributed by atoms with Crippen molar-refractivity contribution in [3.63, 3.8) is 0 Å². The van der Waals surface area contributed by atoms with E-state index >= 15 is 0 Å². The van der Waals surface area contributed by atoms with E-state index < -0.39 is 0 Å². The number of pyridine rings is 1. The number of nitrogens with zero attached hydrogens (tertiary/aromatic N) is 2. The van der Waals surface area contributed by atoms with Crippen LogP contribution in [0.4, 0.5) is 5.69 Å². The summed E-state index contributed by atoms with van der Waals surface area (Å²) in [6.07, 6.45) is 4.16. The molecule has 0 saturated heterocycles. The van der Waals surface area contributed by atoms with Crippen LogP contribution in [0.2, 0.25) is 0 Å². The van der Waals surface area contributed by atoms with Gasteiger partial charge in [-0.15, -0.1) is 0 Å². The lowest BCUT2D eigenvalue weighted by molar-refractivity contribution is 0.900. The van der Waals surface area contributed by atoms with Gasteiger partial charge in [0.05, 0.1) is 17.7 Å². The van der Waals surface area contributed by atoms with E-state index in [1.54, 1.807) is 6.20 Å². The van der Waals surface area contributed by atoms with Crippen LogP contribution < -0.4 is 4.90 Å². The van der Waals surface area contributed by atoms with Gasteiger partial charge in [0, 0.05) is 12.7 Å². The maximum absolute atomic E-state index is 7.27. The molecule has 13 heavy (non-hydrogen) atoms. The molecule has 1 aromatic rings. The summed E-state index contributed by atoms with van der Waals surface area (Å²) in [6.45, 7) is 4.93. The van der Waals surface area contributed by atoms with E-state index in [2.05, 4.69) is 11.9 Å². The van der Waals surface area contributed by atoms with E-state index in [-0.39, 0.29) is 0 Å². The molecule has 1 aromatic heterocycles. The van der Waals surface area contributed by atoms with E-state index in [4.69, 9.17) is 5.41 Å². The first-order chi connectivity index (χ1) is 6.29. The SMILES string of the molecule is CCCN(C=N)c1cccnc1C. The number of anilines is 1. The van der Waals surface area contributed by atoms with Crippen LogP contribution in [-0.2, 0) is 0 Å². The van der Waals surface area contributed by atoms with Crippen LogP contribution in [0.3, 0.4) is 0 Å². The molecule has 0 amide bonds. The van der Waals surface area contributed by atoms with Gasteiger partial charge in [-0.25, -0.2) is 0 Å². The molecule has 0 bridgehead atoms. The molecular weight excluding hydrogens is 162 g/mol. The van der Waals surface area contributed by atoms with Gasteiger partial charge in [-0.05, 0) is 25.5 Å². The summed E-state index contributed by atoms with van der Waals surface area (Å²) in [7, 11) is 0. The third-order valence-corrected chi connectivity index (χ3v) is 1.91. The Hall–Kier alpha value is -1.38. The fourth-order valence-electron chi connectivity index (χ4n) is 1.27. The Kier molecular flexibility index (Phi) is 3.43. The zero-order valence-electron chi connectivity index (χ0n) is 8.12. The Balaban J connectivity index is 2.90. The number of rotatable bonds is 4. The molecule has 0 aliphatic carbocycles. The highest BCUT2D eigenvalue weighted by Crippen LogP contribution is 2.15. The van der Waals surface area contributed by atoms with Gasteiger partial charge < -0.3 is 4.90 Å². The summed E-state index contributed by atoms with van der Waals surface area (Å²) in [6, 6.07) is 3.89. The fraction of sp³-hybridized carbons (Fsp3) is 0.400. The second-order valence-corrected chi connectivity index (χ2v) is 2.93. The summed E-state index contributed by atoms with van der Waals surface area (Å²) in [5.41, 5.74) is 2.00. The molecule has 3 heteroatoms. The van der Waals surface area contributed by atoms with Crippen LogP contribution in [-0.4, -0.2) is 17.9 Å². The van der Waals surface area contributed by atoms with Crippen molar-refractivity contribution in [3.8, 4) is 0 Å². The molecule has 0 atom stereocenters. The minimum Gasteiger partial charge on any atom is -0.331 e. The highest BCUT2D eigenvalue weighted by molar-refractivity contribution is 5.77. The summed E-state index contributed by atoms with van der Waals surface area (Å²) < 4.78 is 0. The molecule has 0 unspecified atom stereocenters. The molecule has 0 fully saturated rings. The average molecular weight is 177 g/mol. The summed E-state index contributed by atoms with van der Waals surface area (Å²) in [4.78, 5) is 6.09. The topological polar surface area (TPSA) is 40.0 Å². The number of nitrogens with one attached hydrogen (secondary N) is 1. The van der Waals surface area contributed by atoms with Crippen molar-refractivity contribution in [1.82, 2.24) is 4.98 Å². The zero-order valence-corrected chi connectivity index (χ0v) is 8.12. The normalized spacial score (nSPS) is 9.69. The zero-order chi connectivity index (χ0) is 9.68. The number of aromatic nitrogens is 1. The van der Waals surface area contributed by atoms with Crippen molar-refractivity contribution in [2.75, 3.05) is 11.4 Å². The smallest absolute Gasteiger partial charge is 0.0862 e. The molecule has 1 heterocycles. The van der Waals surface area contributed by atoms with E-state index in [1.807, 2.05) is 24.0 Å². The molecular formula is C10H15N3. The van der Waals surface area contributed by atoms with Crippen LogP contribution >= 0.6 is 0 Å². The lowest BCUT2D eigenvalue weighted by Crippen LogP contribution is -2.22. The van der Waals surface area contributed by atoms with Crippen LogP contribution in [0.1, 0.15) is 19.0 Å². The number of aryl methyl sites for hydroxylation is 1. The average Bonchev–Trinajstić information content (AvgIpc) is 2.16. The van der Waals surface area contributed by atoms with Crippen molar-refractivity contribution < 1.29 is 0 Å². The molecule has 70 valence electrons. The van der Waals surface area contributed by atoms with Crippen LogP contribution in [0.5, 0.6) is 0 Å². The summed E-state index contributed by atoms with van der Waals surface area (Å²) in [5, 5.41) is 7.27. The van der Waals surface area contributed by atoms with Crippen molar-refractivity contribution in [1.29, 1.82) is 5.41 Å². The van der Waals surface area contributed by atoms with Crippen LogP contribution in [0.15, 0.2) is 18.3 Å². The van der Waals surface area contributed by atoms with Crippen molar-refractivity contribution in [3.05, 3.63) is 24.0 Å². The van der Waals surface area contributed by atoms with Gasteiger partial charge in [0.15, 0.2) is 0 Å². The first kappa shape index (κ1) is 9.71. The molecule has 0 radical (unpaired) electrons. The van der Waals surface area contributed by atoms with Crippen molar-refractivity contribution >= 4 is 12.0 Å². The van der Waals surface area contributed by atoms with E-state index in [0.29, 0.717) is 0 Å². The molecule has 3 nitrogen and oxygen atoms in total. The Labute approximate surface area is 78.9 Å². The third-order valence-electron chi connectivity index (χ3n) is 1.91. The van der Waals surface area contributed by atoms with Crippen LogP contribution in [0.25, 0.3) is 0 Å². The standard InChI is InChI=1S/C10H15N3/c1-3-7-13(8-11)10-5-4-6-12-9(10)2/h4-6,8,11H,3,7H2,1-2H3. The maximum Gasteiger partial charge on any atom is 0.0862 e. The quantitative estimate of drug-likeness (QED) is 0.565. The predicted molar refractivity (Wildman–Crippen MR) is 55.4 cm³/mol. The Morgan fingerprint density at radius 1 is 1.62 bits per heavy atom. The molecule has 0 aromatic carbocycles. The minimum atomic E-state index is 0.871. The molecule has 0 aliphatic rings. The van der Waals surface area contributed by atoms with Crippen molar-refractivity contribution in [2.45, 2.75) is 20.3 Å². The number of hydrogen-bond donors (Lipinski definition) is 1. The summed E-state index contributed by atoms with van der Waals surface area (Å²) in [5.74, 6) is 0. The fourth-order valence-corrected chi connectivity index (χ4v) is 1.27. The van der Waals surface area contributed by atoms with Gasteiger partial charge in [-0.3, -0.25) is 10.4 Å². The number of hydrogen-bond acceptors (Lipinski definition) is 2. The second kappa shape index (κ2) is 4.60. The predicted octanol–water partition coefficient (Wildman–Crippen LogP) is 2.21. The largest absolute Gasteiger partial charge is 0.331 e. The molecule has 0 spiro atoms. The first-order valence-electron chi connectivity index (χ1n) is 4.48. The monoisotopic (exact) mass is 177 g/mol. The van der Waals surface area contributed by atoms with Gasteiger partial charge in [0.1, 0.15) is 0 Å². The highest BCUT2D eigenvalue weighted by atomic mass is 15.1. The van der Waals surface area contributed by atoms with E-state index in [1.165, 1.54) is 6.34 Å². The van der Waals surface area contributed by atoms with Gasteiger partial charge in [0.2, 0.25) is 0 Å². The van der Waals surface area contributed by atoms with Gasteiger partial charge in [-0.1, -0.05) is 6.92 Å². The lowest BCUT2D eigenvalue weighted by Gasteiger charge is -2.19. The van der Waals surface area contributed by atoms with Gasteiger partial charge >= 0.3 is 0 Å². The Morgan fingerprint density at radius 3 is 2.92 bits per heavy atom. The second-order valence-electron chi connectivity index (χ2n) is 2.93. The van der Waals surface area contributed by atoms with E-state index in [9.17, 15) is 0 Å². The highest BCUT2D eigenvalue weighted by Gasteiger charge is 2.04. The molecule has 0 saturated carbocycles. The molecule has 1 N–H and O–H groups in total. The Morgan fingerprint density at radius 2 is 2.38 bits per heavy atom.